The molecule has 0 aromatic heterocycles. The molecule has 3 heteroatoms. The minimum absolute atomic E-state index is 0.0927. The Morgan fingerprint density at radius 1 is 1.64 bits per heavy atom. The molecule has 2 atom stereocenters. The fraction of sp³-hybridized carbons (Fsp3) is 0.909. The first-order valence-corrected chi connectivity index (χ1v) is 5.63. The Kier molecular flexibility index (Phi) is 2.77. The smallest absolute Gasteiger partial charge is 0.220 e. The molecule has 2 unspecified atom stereocenters. The van der Waals surface area contributed by atoms with Crippen molar-refractivity contribution in [2.24, 2.45) is 5.92 Å². The predicted molar refractivity (Wildman–Crippen MR) is 53.9 cm³/mol. The minimum Gasteiger partial charge on any atom is -0.381 e. The largest absolute Gasteiger partial charge is 0.381 e. The molecule has 2 heterocycles. The summed E-state index contributed by atoms with van der Waals surface area (Å²) >= 11 is 0. The van der Waals surface area contributed by atoms with Gasteiger partial charge >= 0.3 is 0 Å². The maximum Gasteiger partial charge on any atom is 0.220 e. The van der Waals surface area contributed by atoms with Crippen LogP contribution in [-0.2, 0) is 9.53 Å². The van der Waals surface area contributed by atoms with Gasteiger partial charge in [0.1, 0.15) is 0 Å². The molecule has 2 aliphatic heterocycles. The van der Waals surface area contributed by atoms with E-state index in [1.807, 2.05) is 0 Å². The Morgan fingerprint density at radius 3 is 3.00 bits per heavy atom. The topological polar surface area (TPSA) is 38.3 Å². The monoisotopic (exact) mass is 197 g/mol. The van der Waals surface area contributed by atoms with Crippen molar-refractivity contribution in [3.05, 3.63) is 0 Å². The van der Waals surface area contributed by atoms with E-state index in [4.69, 9.17) is 4.74 Å². The van der Waals surface area contributed by atoms with Crippen LogP contribution < -0.4 is 5.32 Å². The fourth-order valence-corrected chi connectivity index (χ4v) is 2.63. The first kappa shape index (κ1) is 9.97. The Bertz CT molecular complexity index is 223. The van der Waals surface area contributed by atoms with Gasteiger partial charge in [-0.25, -0.2) is 0 Å². The first-order valence-electron chi connectivity index (χ1n) is 5.63. The molecule has 3 nitrogen and oxygen atoms in total. The van der Waals surface area contributed by atoms with Gasteiger partial charge in [-0.15, -0.1) is 0 Å². The second kappa shape index (κ2) is 3.89. The zero-order valence-electron chi connectivity index (χ0n) is 8.84. The summed E-state index contributed by atoms with van der Waals surface area (Å²) in [7, 11) is 0. The van der Waals surface area contributed by atoms with Crippen molar-refractivity contribution < 1.29 is 9.53 Å². The van der Waals surface area contributed by atoms with Crippen LogP contribution in [0, 0.1) is 5.92 Å². The van der Waals surface area contributed by atoms with Crippen molar-refractivity contribution >= 4 is 5.91 Å². The summed E-state index contributed by atoms with van der Waals surface area (Å²) in [6.07, 6.45) is 5.04. The van der Waals surface area contributed by atoms with Crippen molar-refractivity contribution in [1.29, 1.82) is 0 Å². The van der Waals surface area contributed by atoms with Crippen LogP contribution >= 0.6 is 0 Å². The molecule has 1 amide bonds. The van der Waals surface area contributed by atoms with Crippen LogP contribution in [0.15, 0.2) is 0 Å². The number of rotatable bonds is 3. The number of ether oxygens (including phenoxy) is 1. The van der Waals surface area contributed by atoms with Crippen LogP contribution in [0.1, 0.15) is 39.0 Å². The van der Waals surface area contributed by atoms with E-state index < -0.39 is 0 Å². The van der Waals surface area contributed by atoms with Crippen molar-refractivity contribution in [3.8, 4) is 0 Å². The van der Waals surface area contributed by atoms with Crippen LogP contribution in [0.2, 0.25) is 0 Å². The average Bonchev–Trinajstić information content (AvgIpc) is 2.77. The Hall–Kier alpha value is -0.570. The number of carbonyl (C=O) groups is 1. The molecular formula is C11H19NO2. The second-order valence-corrected chi connectivity index (χ2v) is 4.62. The van der Waals surface area contributed by atoms with Crippen molar-refractivity contribution in [3.63, 3.8) is 0 Å². The Morgan fingerprint density at radius 2 is 2.50 bits per heavy atom. The van der Waals surface area contributed by atoms with Gasteiger partial charge in [-0.05, 0) is 31.6 Å². The third-order valence-corrected chi connectivity index (χ3v) is 3.62. The molecule has 2 fully saturated rings. The van der Waals surface area contributed by atoms with E-state index in [1.165, 1.54) is 0 Å². The number of carbonyl (C=O) groups excluding carboxylic acids is 1. The zero-order chi connectivity index (χ0) is 10.0. The molecule has 0 bridgehead atoms. The summed E-state index contributed by atoms with van der Waals surface area (Å²) in [4.78, 5) is 11.2. The van der Waals surface area contributed by atoms with E-state index in [1.54, 1.807) is 0 Å². The molecule has 2 rings (SSSR count). The minimum atomic E-state index is 0.0927. The molecule has 0 radical (unpaired) electrons. The normalized spacial score (nSPS) is 37.5. The lowest BCUT2D eigenvalue weighted by Gasteiger charge is -2.30. The van der Waals surface area contributed by atoms with E-state index in [0.29, 0.717) is 12.3 Å². The lowest BCUT2D eigenvalue weighted by molar-refractivity contribution is -0.119. The molecular weight excluding hydrogens is 178 g/mol. The number of amides is 1. The Balaban J connectivity index is 1.94. The van der Waals surface area contributed by atoms with Gasteiger partial charge in [0.2, 0.25) is 5.91 Å². The van der Waals surface area contributed by atoms with E-state index in [9.17, 15) is 4.79 Å². The second-order valence-electron chi connectivity index (χ2n) is 4.62. The fourth-order valence-electron chi connectivity index (χ4n) is 2.63. The van der Waals surface area contributed by atoms with Crippen LogP contribution in [0.3, 0.4) is 0 Å². The summed E-state index contributed by atoms with van der Waals surface area (Å²) in [5.41, 5.74) is 0.0927. The zero-order valence-corrected chi connectivity index (χ0v) is 8.84. The Labute approximate surface area is 85.2 Å². The standard InChI is InChI=1S/C11H19NO2/c1-2-11(5-3-10(13)12-11)7-9-4-6-14-8-9/h9H,2-8H2,1H3,(H,12,13). The molecule has 0 aliphatic carbocycles. The van der Waals surface area contributed by atoms with Crippen LogP contribution in [0.5, 0.6) is 0 Å². The molecule has 14 heavy (non-hydrogen) atoms. The highest BCUT2D eigenvalue weighted by Crippen LogP contribution is 2.33. The number of hydrogen-bond donors (Lipinski definition) is 1. The van der Waals surface area contributed by atoms with Crippen LogP contribution in [-0.4, -0.2) is 24.7 Å². The summed E-state index contributed by atoms with van der Waals surface area (Å²) in [5, 5.41) is 3.15. The van der Waals surface area contributed by atoms with Gasteiger partial charge in [-0.3, -0.25) is 4.79 Å². The maximum atomic E-state index is 11.2. The van der Waals surface area contributed by atoms with E-state index in [2.05, 4.69) is 12.2 Å². The third kappa shape index (κ3) is 1.92. The molecule has 1 N–H and O–H groups in total. The molecule has 0 aromatic rings. The van der Waals surface area contributed by atoms with Gasteiger partial charge < -0.3 is 10.1 Å². The van der Waals surface area contributed by atoms with Gasteiger partial charge in [0.05, 0.1) is 0 Å². The highest BCUT2D eigenvalue weighted by molar-refractivity contribution is 5.79. The summed E-state index contributed by atoms with van der Waals surface area (Å²) in [6.45, 7) is 3.96. The van der Waals surface area contributed by atoms with Crippen molar-refractivity contribution in [2.45, 2.75) is 44.6 Å². The third-order valence-electron chi connectivity index (χ3n) is 3.62. The molecule has 80 valence electrons. The average molecular weight is 197 g/mol. The van der Waals surface area contributed by atoms with Crippen molar-refractivity contribution in [1.82, 2.24) is 5.32 Å². The quantitative estimate of drug-likeness (QED) is 0.744. The maximum absolute atomic E-state index is 11.2. The van der Waals surface area contributed by atoms with Gasteiger partial charge in [0, 0.05) is 25.2 Å². The molecule has 0 aromatic carbocycles. The number of nitrogens with one attached hydrogen (secondary N) is 1. The molecule has 0 spiro atoms. The summed E-state index contributed by atoms with van der Waals surface area (Å²) in [5.74, 6) is 0.888. The SMILES string of the molecule is CCC1(CC2CCOC2)CCC(=O)N1. The number of hydrogen-bond acceptors (Lipinski definition) is 2. The van der Waals surface area contributed by atoms with Gasteiger partial charge in [0.25, 0.3) is 0 Å². The summed E-state index contributed by atoms with van der Waals surface area (Å²) in [6, 6.07) is 0. The first-order chi connectivity index (χ1) is 6.74. The predicted octanol–water partition coefficient (Wildman–Crippen LogP) is 1.47. The lowest BCUT2D eigenvalue weighted by Crippen LogP contribution is -2.42. The van der Waals surface area contributed by atoms with E-state index in [0.717, 1.165) is 38.9 Å². The highest BCUT2D eigenvalue weighted by atomic mass is 16.5. The lowest BCUT2D eigenvalue weighted by atomic mass is 9.83. The van der Waals surface area contributed by atoms with Crippen molar-refractivity contribution in [2.75, 3.05) is 13.2 Å². The summed E-state index contributed by atoms with van der Waals surface area (Å²) < 4.78 is 5.37. The molecule has 2 aliphatic rings. The van der Waals surface area contributed by atoms with Gasteiger partial charge in [-0.1, -0.05) is 6.92 Å². The molecule has 2 saturated heterocycles. The van der Waals surface area contributed by atoms with Gasteiger partial charge in [0.15, 0.2) is 0 Å². The van der Waals surface area contributed by atoms with Gasteiger partial charge in [-0.2, -0.15) is 0 Å². The van der Waals surface area contributed by atoms with E-state index in [-0.39, 0.29) is 11.4 Å². The van der Waals surface area contributed by atoms with Crippen LogP contribution in [0.25, 0.3) is 0 Å². The molecule has 0 saturated carbocycles. The van der Waals surface area contributed by atoms with E-state index >= 15 is 0 Å². The van der Waals surface area contributed by atoms with Crippen LogP contribution in [0.4, 0.5) is 0 Å². The highest BCUT2D eigenvalue weighted by Gasteiger charge is 2.38.